The largest absolute Gasteiger partial charge is 0.355 e. The zero-order valence-corrected chi connectivity index (χ0v) is 19.6. The van der Waals surface area contributed by atoms with Crippen molar-refractivity contribution in [2.45, 2.75) is 32.4 Å². The Balaban J connectivity index is 0.00000364. The molecule has 0 saturated heterocycles. The fourth-order valence-electron chi connectivity index (χ4n) is 2.95. The lowest BCUT2D eigenvalue weighted by Gasteiger charge is -2.27. The van der Waals surface area contributed by atoms with Crippen LogP contribution in [-0.4, -0.2) is 39.8 Å². The third-order valence-electron chi connectivity index (χ3n) is 4.03. The van der Waals surface area contributed by atoms with Crippen LogP contribution in [0.1, 0.15) is 32.4 Å². The molecule has 1 atom stereocenters. The van der Waals surface area contributed by atoms with E-state index < -0.39 is 15.6 Å². The number of aliphatic imine (C=N–C) groups is 1. The van der Waals surface area contributed by atoms with Crippen molar-refractivity contribution in [3.63, 3.8) is 0 Å². The Kier molecular flexibility index (Phi) is 8.49. The number of guanidine groups is 1. The first kappa shape index (κ1) is 23.6. The average molecular weight is 504 g/mol. The molecule has 0 aliphatic heterocycles. The van der Waals surface area contributed by atoms with E-state index in [1.54, 1.807) is 7.05 Å². The number of sulfonamides is 1. The average Bonchev–Trinajstić information content (AvgIpc) is 2.55. The first-order chi connectivity index (χ1) is 12.1. The zero-order chi connectivity index (χ0) is 19.4. The van der Waals surface area contributed by atoms with Crippen molar-refractivity contribution >= 4 is 50.7 Å². The number of halogens is 1. The van der Waals surface area contributed by atoms with Gasteiger partial charge in [-0.05, 0) is 37.1 Å². The van der Waals surface area contributed by atoms with Crippen molar-refractivity contribution < 1.29 is 8.42 Å². The van der Waals surface area contributed by atoms with Crippen LogP contribution in [0, 0.1) is 0 Å². The first-order valence-corrected chi connectivity index (χ1v) is 10.4. The molecule has 2 aromatic rings. The molecular formula is C19H29IN4O2S. The standard InChI is InChI=1S/C19H28N4O2S.HI/c1-14(16-12-8-10-15-9-6-7-11-17(15)16)22-18(20-4)21-13-19(2,3)23-26(5,24)25;/h6-12,14,23H,13H2,1-5H3,(H2,20,21,22);1H. The second kappa shape index (κ2) is 9.70. The van der Waals surface area contributed by atoms with Gasteiger partial charge in [-0.3, -0.25) is 4.99 Å². The van der Waals surface area contributed by atoms with Crippen LogP contribution in [0.4, 0.5) is 0 Å². The molecule has 150 valence electrons. The van der Waals surface area contributed by atoms with E-state index in [2.05, 4.69) is 51.5 Å². The number of rotatable bonds is 6. The van der Waals surface area contributed by atoms with Crippen molar-refractivity contribution in [3.8, 4) is 0 Å². The maximum atomic E-state index is 11.5. The Morgan fingerprint density at radius 2 is 1.78 bits per heavy atom. The second-order valence-corrected chi connectivity index (χ2v) is 8.87. The van der Waals surface area contributed by atoms with Gasteiger partial charge in [-0.1, -0.05) is 42.5 Å². The fraction of sp³-hybridized carbons (Fsp3) is 0.421. The number of hydrogen-bond donors (Lipinski definition) is 3. The Morgan fingerprint density at radius 3 is 2.41 bits per heavy atom. The summed E-state index contributed by atoms with van der Waals surface area (Å²) in [4.78, 5) is 4.25. The van der Waals surface area contributed by atoms with E-state index in [0.717, 1.165) is 6.26 Å². The number of hydrogen-bond acceptors (Lipinski definition) is 3. The zero-order valence-electron chi connectivity index (χ0n) is 16.4. The fourth-order valence-corrected chi connectivity index (χ4v) is 4.02. The Hall–Kier alpha value is -1.39. The van der Waals surface area contributed by atoms with Gasteiger partial charge in [-0.15, -0.1) is 24.0 Å². The lowest BCUT2D eigenvalue weighted by atomic mass is 10.00. The maximum absolute atomic E-state index is 11.5. The SMILES string of the molecule is CN=C(NCC(C)(C)NS(C)(=O)=O)NC(C)c1cccc2ccccc12.I. The molecular weight excluding hydrogens is 475 g/mol. The second-order valence-electron chi connectivity index (χ2n) is 7.12. The van der Waals surface area contributed by atoms with Gasteiger partial charge in [-0.2, -0.15) is 0 Å². The van der Waals surface area contributed by atoms with E-state index >= 15 is 0 Å². The molecule has 0 bridgehead atoms. The van der Waals surface area contributed by atoms with Gasteiger partial charge in [0.15, 0.2) is 5.96 Å². The Bertz CT molecular complexity index is 892. The van der Waals surface area contributed by atoms with Crippen LogP contribution in [0.15, 0.2) is 47.5 Å². The summed E-state index contributed by atoms with van der Waals surface area (Å²) in [6.07, 6.45) is 1.16. The minimum atomic E-state index is -3.28. The first-order valence-electron chi connectivity index (χ1n) is 8.55. The molecule has 3 N–H and O–H groups in total. The van der Waals surface area contributed by atoms with Crippen LogP contribution >= 0.6 is 24.0 Å². The number of nitrogens with zero attached hydrogens (tertiary/aromatic N) is 1. The minimum Gasteiger partial charge on any atom is -0.355 e. The van der Waals surface area contributed by atoms with Crippen LogP contribution in [-0.2, 0) is 10.0 Å². The molecule has 0 radical (unpaired) electrons. The van der Waals surface area contributed by atoms with Gasteiger partial charge in [0.2, 0.25) is 10.0 Å². The molecule has 0 aliphatic rings. The molecule has 0 saturated carbocycles. The van der Waals surface area contributed by atoms with Crippen molar-refractivity contribution in [2.24, 2.45) is 4.99 Å². The molecule has 0 aliphatic carbocycles. The van der Waals surface area contributed by atoms with Gasteiger partial charge in [0, 0.05) is 19.1 Å². The summed E-state index contributed by atoms with van der Waals surface area (Å²) in [6.45, 7) is 6.13. The van der Waals surface area contributed by atoms with Crippen LogP contribution in [0.5, 0.6) is 0 Å². The predicted molar refractivity (Wildman–Crippen MR) is 124 cm³/mol. The highest BCUT2D eigenvalue weighted by molar-refractivity contribution is 14.0. The highest BCUT2D eigenvalue weighted by Crippen LogP contribution is 2.23. The smallest absolute Gasteiger partial charge is 0.209 e. The number of nitrogens with one attached hydrogen (secondary N) is 3. The molecule has 1 unspecified atom stereocenters. The quantitative estimate of drug-likeness (QED) is 0.321. The van der Waals surface area contributed by atoms with Crippen LogP contribution in [0.2, 0.25) is 0 Å². The molecule has 0 amide bonds. The summed E-state index contributed by atoms with van der Waals surface area (Å²) >= 11 is 0. The molecule has 6 nitrogen and oxygen atoms in total. The summed E-state index contributed by atoms with van der Waals surface area (Å²) in [5.41, 5.74) is 0.549. The number of benzene rings is 2. The monoisotopic (exact) mass is 504 g/mol. The van der Waals surface area contributed by atoms with E-state index in [1.807, 2.05) is 32.0 Å². The topological polar surface area (TPSA) is 82.6 Å². The van der Waals surface area contributed by atoms with E-state index in [0.29, 0.717) is 12.5 Å². The normalized spacial score (nSPS) is 13.7. The Morgan fingerprint density at radius 1 is 1.15 bits per heavy atom. The summed E-state index contributed by atoms with van der Waals surface area (Å²) in [6, 6.07) is 14.5. The highest BCUT2D eigenvalue weighted by Gasteiger charge is 2.22. The lowest BCUT2D eigenvalue weighted by molar-refractivity contribution is 0.445. The van der Waals surface area contributed by atoms with Crippen molar-refractivity contribution in [1.82, 2.24) is 15.4 Å². The Labute approximate surface area is 179 Å². The molecule has 0 spiro atoms. The summed E-state index contributed by atoms with van der Waals surface area (Å²) in [7, 11) is -1.58. The lowest BCUT2D eigenvalue weighted by Crippen LogP contribution is -2.53. The maximum Gasteiger partial charge on any atom is 0.209 e. The molecule has 2 aromatic carbocycles. The highest BCUT2D eigenvalue weighted by atomic mass is 127. The van der Waals surface area contributed by atoms with Crippen molar-refractivity contribution in [1.29, 1.82) is 0 Å². The van der Waals surface area contributed by atoms with Gasteiger partial charge < -0.3 is 10.6 Å². The van der Waals surface area contributed by atoms with Crippen LogP contribution < -0.4 is 15.4 Å². The number of fused-ring (bicyclic) bond motifs is 1. The summed E-state index contributed by atoms with van der Waals surface area (Å²) < 4.78 is 25.5. The molecule has 8 heteroatoms. The summed E-state index contributed by atoms with van der Waals surface area (Å²) in [5, 5.41) is 8.96. The third-order valence-corrected chi connectivity index (χ3v) is 4.95. The van der Waals surface area contributed by atoms with Gasteiger partial charge in [0.25, 0.3) is 0 Å². The minimum absolute atomic E-state index is 0. The van der Waals surface area contributed by atoms with Crippen molar-refractivity contribution in [3.05, 3.63) is 48.0 Å². The van der Waals surface area contributed by atoms with Gasteiger partial charge in [0.05, 0.1) is 12.3 Å². The van der Waals surface area contributed by atoms with Crippen LogP contribution in [0.3, 0.4) is 0 Å². The summed E-state index contributed by atoms with van der Waals surface area (Å²) in [5.74, 6) is 0.619. The van der Waals surface area contributed by atoms with E-state index in [4.69, 9.17) is 0 Å². The third kappa shape index (κ3) is 7.27. The van der Waals surface area contributed by atoms with E-state index in [1.165, 1.54) is 16.3 Å². The molecule has 0 heterocycles. The molecule has 0 fully saturated rings. The van der Waals surface area contributed by atoms with Gasteiger partial charge in [0.1, 0.15) is 0 Å². The van der Waals surface area contributed by atoms with E-state index in [9.17, 15) is 8.42 Å². The molecule has 0 aromatic heterocycles. The van der Waals surface area contributed by atoms with Crippen molar-refractivity contribution in [2.75, 3.05) is 19.8 Å². The van der Waals surface area contributed by atoms with E-state index in [-0.39, 0.29) is 30.0 Å². The van der Waals surface area contributed by atoms with Gasteiger partial charge >= 0.3 is 0 Å². The predicted octanol–water partition coefficient (Wildman–Crippen LogP) is 3.01. The molecule has 2 rings (SSSR count). The van der Waals surface area contributed by atoms with Crippen LogP contribution in [0.25, 0.3) is 10.8 Å². The molecule has 27 heavy (non-hydrogen) atoms. The van der Waals surface area contributed by atoms with Gasteiger partial charge in [-0.25, -0.2) is 13.1 Å².